The number of unbranched alkanes of at least 4 members (excludes halogenated alkanes) is 1. The number of ether oxygens (including phenoxy) is 1. The van der Waals surface area contributed by atoms with Crippen molar-refractivity contribution in [3.8, 4) is 0 Å². The van der Waals surface area contributed by atoms with Gasteiger partial charge in [0.15, 0.2) is 0 Å². The van der Waals surface area contributed by atoms with E-state index in [2.05, 4.69) is 18.3 Å². The second-order valence-electron chi connectivity index (χ2n) is 3.93. The molecule has 1 rings (SSSR count). The number of nitrogens with one attached hydrogen (secondary N) is 1. The number of hydrogen-bond donors (Lipinski definition) is 1. The van der Waals surface area contributed by atoms with Crippen molar-refractivity contribution >= 4 is 11.6 Å². The Kier molecular flexibility index (Phi) is 6.46. The smallest absolute Gasteiger partial charge is 0.0462 e. The Morgan fingerprint density at radius 3 is 2.88 bits per heavy atom. The van der Waals surface area contributed by atoms with E-state index in [1.54, 1.807) is 7.11 Å². The average molecular weight is 242 g/mol. The summed E-state index contributed by atoms with van der Waals surface area (Å²) in [7, 11) is 1.74. The van der Waals surface area contributed by atoms with Gasteiger partial charge < -0.3 is 10.1 Å². The van der Waals surface area contributed by atoms with Gasteiger partial charge in [-0.2, -0.15) is 0 Å². The predicted octanol–water partition coefficient (Wildman–Crippen LogP) is 3.42. The molecule has 0 saturated carbocycles. The Morgan fingerprint density at radius 1 is 1.38 bits per heavy atom. The lowest BCUT2D eigenvalue weighted by atomic mass is 10.1. The standard InChI is InChI=1S/C13H20ClNO/c1-11(15-8-3-4-9-16-2)12-6-5-7-13(14)10-12/h5-7,10-11,15H,3-4,8-9H2,1-2H3/t11-/m1/s1. The van der Waals surface area contributed by atoms with Gasteiger partial charge in [-0.1, -0.05) is 23.7 Å². The molecule has 0 amide bonds. The molecule has 2 nitrogen and oxygen atoms in total. The molecule has 90 valence electrons. The van der Waals surface area contributed by atoms with Crippen LogP contribution in [0.1, 0.15) is 31.4 Å². The molecule has 0 radical (unpaired) electrons. The second kappa shape index (κ2) is 7.66. The van der Waals surface area contributed by atoms with Crippen molar-refractivity contribution in [2.45, 2.75) is 25.8 Å². The van der Waals surface area contributed by atoms with Crippen LogP contribution in [0.15, 0.2) is 24.3 Å². The van der Waals surface area contributed by atoms with Gasteiger partial charge in [0.05, 0.1) is 0 Å². The lowest BCUT2D eigenvalue weighted by Crippen LogP contribution is -2.20. The minimum Gasteiger partial charge on any atom is -0.385 e. The van der Waals surface area contributed by atoms with E-state index in [0.29, 0.717) is 6.04 Å². The van der Waals surface area contributed by atoms with Crippen LogP contribution in [0.25, 0.3) is 0 Å². The van der Waals surface area contributed by atoms with Crippen LogP contribution < -0.4 is 5.32 Å². The summed E-state index contributed by atoms with van der Waals surface area (Å²) in [5.74, 6) is 0. The van der Waals surface area contributed by atoms with Crippen LogP contribution in [0.5, 0.6) is 0 Å². The fourth-order valence-corrected chi connectivity index (χ4v) is 1.78. The van der Waals surface area contributed by atoms with E-state index >= 15 is 0 Å². The Morgan fingerprint density at radius 2 is 2.19 bits per heavy atom. The highest BCUT2D eigenvalue weighted by Crippen LogP contribution is 2.17. The zero-order valence-electron chi connectivity index (χ0n) is 10.0. The summed E-state index contributed by atoms with van der Waals surface area (Å²) in [4.78, 5) is 0. The molecule has 1 aromatic rings. The first kappa shape index (κ1) is 13.5. The number of hydrogen-bond acceptors (Lipinski definition) is 2. The van der Waals surface area contributed by atoms with E-state index in [-0.39, 0.29) is 0 Å². The summed E-state index contributed by atoms with van der Waals surface area (Å²) in [5, 5.41) is 4.27. The maximum Gasteiger partial charge on any atom is 0.0462 e. The molecule has 16 heavy (non-hydrogen) atoms. The Labute approximate surface area is 103 Å². The van der Waals surface area contributed by atoms with Crippen LogP contribution in [0.3, 0.4) is 0 Å². The molecule has 0 fully saturated rings. The largest absolute Gasteiger partial charge is 0.385 e. The van der Waals surface area contributed by atoms with Crippen molar-refractivity contribution in [3.05, 3.63) is 34.9 Å². The molecule has 3 heteroatoms. The van der Waals surface area contributed by atoms with Crippen molar-refractivity contribution in [2.75, 3.05) is 20.3 Å². The lowest BCUT2D eigenvalue weighted by molar-refractivity contribution is 0.192. The average Bonchev–Trinajstić information content (AvgIpc) is 2.28. The number of methoxy groups -OCH3 is 1. The van der Waals surface area contributed by atoms with E-state index in [1.807, 2.05) is 18.2 Å². The fraction of sp³-hybridized carbons (Fsp3) is 0.538. The van der Waals surface area contributed by atoms with Crippen LogP contribution in [0.4, 0.5) is 0 Å². The number of rotatable bonds is 7. The molecule has 0 heterocycles. The third-order valence-corrected chi connectivity index (χ3v) is 2.81. The molecule has 0 unspecified atom stereocenters. The fourth-order valence-electron chi connectivity index (χ4n) is 1.58. The summed E-state index contributed by atoms with van der Waals surface area (Å²) < 4.78 is 5.00. The van der Waals surface area contributed by atoms with Gasteiger partial charge in [0, 0.05) is 24.8 Å². The molecular formula is C13H20ClNO. The minimum absolute atomic E-state index is 0.348. The quantitative estimate of drug-likeness (QED) is 0.739. The Hall–Kier alpha value is -0.570. The first-order valence-electron chi connectivity index (χ1n) is 5.72. The van der Waals surface area contributed by atoms with Crippen LogP contribution in [0, 0.1) is 0 Å². The van der Waals surface area contributed by atoms with Gasteiger partial charge in [-0.3, -0.25) is 0 Å². The van der Waals surface area contributed by atoms with Crippen molar-refractivity contribution in [3.63, 3.8) is 0 Å². The van der Waals surface area contributed by atoms with Crippen LogP contribution >= 0.6 is 11.6 Å². The van der Waals surface area contributed by atoms with E-state index in [9.17, 15) is 0 Å². The van der Waals surface area contributed by atoms with Gasteiger partial charge in [-0.15, -0.1) is 0 Å². The monoisotopic (exact) mass is 241 g/mol. The predicted molar refractivity (Wildman–Crippen MR) is 69.0 cm³/mol. The van der Waals surface area contributed by atoms with E-state index in [4.69, 9.17) is 16.3 Å². The third-order valence-electron chi connectivity index (χ3n) is 2.57. The summed E-state index contributed by atoms with van der Waals surface area (Å²) in [6, 6.07) is 8.34. The summed E-state index contributed by atoms with van der Waals surface area (Å²) >= 11 is 5.95. The van der Waals surface area contributed by atoms with Gasteiger partial charge in [-0.05, 0) is 44.0 Å². The maximum absolute atomic E-state index is 5.95. The Balaban J connectivity index is 2.27. The summed E-state index contributed by atoms with van der Waals surface area (Å²) in [6.07, 6.45) is 2.24. The van der Waals surface area contributed by atoms with Crippen molar-refractivity contribution in [2.24, 2.45) is 0 Å². The molecule has 0 aliphatic heterocycles. The first-order chi connectivity index (χ1) is 7.74. The van der Waals surface area contributed by atoms with Gasteiger partial charge in [0.1, 0.15) is 0 Å². The summed E-state index contributed by atoms with van der Waals surface area (Å²) in [6.45, 7) is 4.01. The molecule has 1 N–H and O–H groups in total. The van der Waals surface area contributed by atoms with Gasteiger partial charge in [0.2, 0.25) is 0 Å². The van der Waals surface area contributed by atoms with Gasteiger partial charge in [0.25, 0.3) is 0 Å². The summed E-state index contributed by atoms with van der Waals surface area (Å²) in [5.41, 5.74) is 1.24. The molecule has 0 aliphatic carbocycles. The molecule has 0 spiro atoms. The van der Waals surface area contributed by atoms with Crippen molar-refractivity contribution < 1.29 is 4.74 Å². The molecule has 0 saturated heterocycles. The van der Waals surface area contributed by atoms with Crippen molar-refractivity contribution in [1.29, 1.82) is 0 Å². The molecule has 1 aromatic carbocycles. The molecule has 0 aromatic heterocycles. The topological polar surface area (TPSA) is 21.3 Å². The maximum atomic E-state index is 5.95. The molecule has 0 aliphatic rings. The van der Waals surface area contributed by atoms with Crippen LogP contribution in [-0.2, 0) is 4.74 Å². The third kappa shape index (κ3) is 4.97. The lowest BCUT2D eigenvalue weighted by Gasteiger charge is -2.14. The first-order valence-corrected chi connectivity index (χ1v) is 6.09. The molecule has 1 atom stereocenters. The highest BCUT2D eigenvalue weighted by atomic mass is 35.5. The number of benzene rings is 1. The van der Waals surface area contributed by atoms with E-state index < -0.39 is 0 Å². The Bertz CT molecular complexity index is 304. The van der Waals surface area contributed by atoms with Gasteiger partial charge >= 0.3 is 0 Å². The molecular weight excluding hydrogens is 222 g/mol. The van der Waals surface area contributed by atoms with E-state index in [0.717, 1.165) is 31.0 Å². The zero-order valence-corrected chi connectivity index (χ0v) is 10.8. The minimum atomic E-state index is 0.348. The normalized spacial score (nSPS) is 12.7. The van der Waals surface area contributed by atoms with Crippen LogP contribution in [0.2, 0.25) is 5.02 Å². The molecule has 0 bridgehead atoms. The highest BCUT2D eigenvalue weighted by Gasteiger charge is 2.03. The zero-order chi connectivity index (χ0) is 11.8. The highest BCUT2D eigenvalue weighted by molar-refractivity contribution is 6.30. The van der Waals surface area contributed by atoms with Gasteiger partial charge in [-0.25, -0.2) is 0 Å². The van der Waals surface area contributed by atoms with Crippen LogP contribution in [-0.4, -0.2) is 20.3 Å². The number of halogens is 1. The van der Waals surface area contributed by atoms with E-state index in [1.165, 1.54) is 5.56 Å². The SMILES string of the molecule is COCCCCN[C@H](C)c1cccc(Cl)c1. The second-order valence-corrected chi connectivity index (χ2v) is 4.37. The van der Waals surface area contributed by atoms with Crippen molar-refractivity contribution in [1.82, 2.24) is 5.32 Å².